The van der Waals surface area contributed by atoms with Crippen molar-refractivity contribution in [2.24, 2.45) is 0 Å². The molecule has 0 atom stereocenters. The van der Waals surface area contributed by atoms with Gasteiger partial charge in [0.05, 0.1) is 0 Å². The molecule has 1 nitrogen and oxygen atoms in total. The second kappa shape index (κ2) is 10.0. The summed E-state index contributed by atoms with van der Waals surface area (Å²) in [5.41, 5.74) is 0. The van der Waals surface area contributed by atoms with Crippen LogP contribution in [-0.4, -0.2) is 19.9 Å². The average molecular weight is 301 g/mol. The van der Waals surface area contributed by atoms with Gasteiger partial charge in [0.2, 0.25) is 0 Å². The Kier molecular flexibility index (Phi) is 10.1. The molecule has 0 amide bonds. The number of rotatable bonds is 10. The van der Waals surface area contributed by atoms with Crippen LogP contribution in [0.1, 0.15) is 60.3 Å². The van der Waals surface area contributed by atoms with Crippen molar-refractivity contribution >= 4 is 13.3 Å². The maximum atomic E-state index is 5.62. The van der Waals surface area contributed by atoms with E-state index < -0.39 is 13.3 Å². The van der Waals surface area contributed by atoms with E-state index in [1.165, 1.54) is 41.4 Å². The van der Waals surface area contributed by atoms with E-state index in [4.69, 9.17) is 4.74 Å². The molecule has 0 fully saturated rings. The summed E-state index contributed by atoms with van der Waals surface area (Å²) in [4.78, 5) is 0. The van der Waals surface area contributed by atoms with Crippen LogP contribution in [0.25, 0.3) is 0 Å². The van der Waals surface area contributed by atoms with Crippen LogP contribution in [0, 0.1) is 0 Å². The van der Waals surface area contributed by atoms with Gasteiger partial charge in [-0.25, -0.2) is 0 Å². The summed E-state index contributed by atoms with van der Waals surface area (Å²) in [6.45, 7) is 12.2. The van der Waals surface area contributed by atoms with Gasteiger partial charge in [-0.1, -0.05) is 0 Å². The van der Waals surface area contributed by atoms with Crippen molar-refractivity contribution in [2.75, 3.05) is 6.61 Å². The molecule has 0 aromatic carbocycles. The standard InChI is InChI=1S/C15H32GeO/c1-6-11-16(12-7-2,13-8-3)15(9-4)14-17-10-5/h14H,6-13H2,1-5H3. The molecular formula is C15H32GeO. The van der Waals surface area contributed by atoms with Gasteiger partial charge < -0.3 is 0 Å². The molecule has 0 aliphatic heterocycles. The van der Waals surface area contributed by atoms with Gasteiger partial charge in [0.25, 0.3) is 0 Å². The quantitative estimate of drug-likeness (QED) is 0.380. The van der Waals surface area contributed by atoms with Gasteiger partial charge in [-0.15, -0.1) is 0 Å². The second-order valence-electron chi connectivity index (χ2n) is 4.98. The van der Waals surface area contributed by atoms with Crippen LogP contribution in [0.2, 0.25) is 15.8 Å². The van der Waals surface area contributed by atoms with E-state index in [-0.39, 0.29) is 0 Å². The van der Waals surface area contributed by atoms with Crippen molar-refractivity contribution in [3.63, 3.8) is 0 Å². The molecule has 0 bridgehead atoms. The van der Waals surface area contributed by atoms with E-state index in [1.54, 1.807) is 4.41 Å². The summed E-state index contributed by atoms with van der Waals surface area (Å²) < 4.78 is 7.34. The third-order valence-corrected chi connectivity index (χ3v) is 16.7. The Morgan fingerprint density at radius 3 is 1.65 bits per heavy atom. The van der Waals surface area contributed by atoms with E-state index in [0.717, 1.165) is 6.61 Å². The Labute approximate surface area is 111 Å². The number of allylic oxidation sites excluding steroid dienone is 1. The van der Waals surface area contributed by atoms with Crippen LogP contribution in [0.5, 0.6) is 0 Å². The first kappa shape index (κ1) is 17.1. The van der Waals surface area contributed by atoms with Crippen LogP contribution in [0.4, 0.5) is 0 Å². The summed E-state index contributed by atoms with van der Waals surface area (Å²) in [6, 6.07) is 0. The van der Waals surface area contributed by atoms with Crippen molar-refractivity contribution in [3.05, 3.63) is 10.7 Å². The second-order valence-corrected chi connectivity index (χ2v) is 14.8. The van der Waals surface area contributed by atoms with Gasteiger partial charge in [0.15, 0.2) is 0 Å². The van der Waals surface area contributed by atoms with Gasteiger partial charge in [0, 0.05) is 0 Å². The van der Waals surface area contributed by atoms with Crippen molar-refractivity contribution in [1.82, 2.24) is 0 Å². The van der Waals surface area contributed by atoms with Gasteiger partial charge in [-0.3, -0.25) is 0 Å². The molecule has 0 aromatic rings. The Balaban J connectivity index is 5.03. The normalized spacial score (nSPS) is 12.9. The molecule has 102 valence electrons. The molecule has 0 aromatic heterocycles. The third kappa shape index (κ3) is 5.50. The topological polar surface area (TPSA) is 9.23 Å². The van der Waals surface area contributed by atoms with Crippen LogP contribution in [-0.2, 0) is 4.74 Å². The minimum absolute atomic E-state index is 0.812. The maximum absolute atomic E-state index is 5.62. The predicted molar refractivity (Wildman–Crippen MR) is 81.0 cm³/mol. The van der Waals surface area contributed by atoms with E-state index in [9.17, 15) is 0 Å². The summed E-state index contributed by atoms with van der Waals surface area (Å²) in [5, 5.41) is 4.48. The Morgan fingerprint density at radius 2 is 1.35 bits per heavy atom. The first-order chi connectivity index (χ1) is 8.20. The fourth-order valence-electron chi connectivity index (χ4n) is 3.06. The summed E-state index contributed by atoms with van der Waals surface area (Å²) >= 11 is -1.80. The number of hydrogen-bond donors (Lipinski definition) is 0. The van der Waals surface area contributed by atoms with Gasteiger partial charge in [-0.2, -0.15) is 0 Å². The minimum atomic E-state index is -1.80. The van der Waals surface area contributed by atoms with Crippen molar-refractivity contribution < 1.29 is 4.74 Å². The summed E-state index contributed by atoms with van der Waals surface area (Å²) in [5.74, 6) is 0. The van der Waals surface area contributed by atoms with Gasteiger partial charge >= 0.3 is 111 Å². The Morgan fingerprint density at radius 1 is 0.882 bits per heavy atom. The average Bonchev–Trinajstić information content (AvgIpc) is 2.31. The fourth-order valence-corrected chi connectivity index (χ4v) is 15.0. The first-order valence-corrected chi connectivity index (χ1v) is 13.0. The van der Waals surface area contributed by atoms with Crippen LogP contribution in [0.15, 0.2) is 10.7 Å². The van der Waals surface area contributed by atoms with Crippen molar-refractivity contribution in [3.8, 4) is 0 Å². The van der Waals surface area contributed by atoms with E-state index in [2.05, 4.69) is 40.9 Å². The molecule has 0 aliphatic carbocycles. The molecule has 0 saturated heterocycles. The molecule has 0 rings (SSSR count). The molecule has 0 radical (unpaired) electrons. The van der Waals surface area contributed by atoms with Gasteiger partial charge in [-0.05, 0) is 0 Å². The molecule has 0 spiro atoms. The zero-order valence-electron chi connectivity index (χ0n) is 12.6. The fraction of sp³-hybridized carbons (Fsp3) is 0.867. The van der Waals surface area contributed by atoms with Crippen LogP contribution >= 0.6 is 0 Å². The Hall–Kier alpha value is 0.0829. The molecule has 17 heavy (non-hydrogen) atoms. The molecule has 0 saturated carbocycles. The SMILES string of the molecule is CC[CH2][Ge]([CH2]CC)([CH2]CC)[C](=COCC)CC. The van der Waals surface area contributed by atoms with Gasteiger partial charge in [0.1, 0.15) is 0 Å². The van der Waals surface area contributed by atoms with E-state index in [0.29, 0.717) is 0 Å². The summed E-state index contributed by atoms with van der Waals surface area (Å²) in [6.07, 6.45) is 7.40. The van der Waals surface area contributed by atoms with Crippen molar-refractivity contribution in [2.45, 2.75) is 76.1 Å². The van der Waals surface area contributed by atoms with Crippen LogP contribution in [0.3, 0.4) is 0 Å². The van der Waals surface area contributed by atoms with E-state index >= 15 is 0 Å². The molecular weight excluding hydrogens is 269 g/mol. The molecule has 2 heteroatoms. The number of hydrogen-bond acceptors (Lipinski definition) is 1. The molecule has 0 aliphatic rings. The monoisotopic (exact) mass is 302 g/mol. The van der Waals surface area contributed by atoms with E-state index in [1.807, 2.05) is 0 Å². The molecule has 0 N–H and O–H groups in total. The van der Waals surface area contributed by atoms with Crippen LogP contribution < -0.4 is 0 Å². The number of ether oxygens (including phenoxy) is 1. The zero-order chi connectivity index (χ0) is 13.1. The first-order valence-electron chi connectivity index (χ1n) is 7.51. The molecule has 0 heterocycles. The Bertz CT molecular complexity index is 194. The summed E-state index contributed by atoms with van der Waals surface area (Å²) in [7, 11) is 0. The molecule has 0 unspecified atom stereocenters. The van der Waals surface area contributed by atoms with Crippen molar-refractivity contribution in [1.29, 1.82) is 0 Å². The predicted octanol–water partition coefficient (Wildman–Crippen LogP) is 5.53. The zero-order valence-corrected chi connectivity index (χ0v) is 14.7. The third-order valence-electron chi connectivity index (χ3n) is 3.64.